The summed E-state index contributed by atoms with van der Waals surface area (Å²) in [4.78, 5) is 19.5. The molecule has 0 saturated heterocycles. The molecule has 0 aliphatic rings. The lowest BCUT2D eigenvalue weighted by atomic mass is 10.3. The van der Waals surface area contributed by atoms with E-state index in [4.69, 9.17) is 17.3 Å². The molecular formula is C11H8BrClN4O. The second-order valence-corrected chi connectivity index (χ2v) is 4.73. The topological polar surface area (TPSA) is 80.9 Å². The monoisotopic (exact) mass is 326 g/mol. The van der Waals surface area contributed by atoms with Gasteiger partial charge in [0.05, 0.1) is 23.1 Å². The predicted molar refractivity (Wildman–Crippen MR) is 73.5 cm³/mol. The summed E-state index contributed by atoms with van der Waals surface area (Å²) < 4.78 is 0.831. The number of anilines is 2. The highest BCUT2D eigenvalue weighted by atomic mass is 79.9. The molecule has 0 spiro atoms. The zero-order valence-corrected chi connectivity index (χ0v) is 11.4. The molecular weight excluding hydrogens is 320 g/mol. The van der Waals surface area contributed by atoms with Crippen molar-refractivity contribution in [2.75, 3.05) is 11.1 Å². The van der Waals surface area contributed by atoms with Crippen molar-refractivity contribution in [3.05, 3.63) is 45.8 Å². The summed E-state index contributed by atoms with van der Waals surface area (Å²) in [5, 5.41) is 3.07. The van der Waals surface area contributed by atoms with Gasteiger partial charge in [0.1, 0.15) is 11.5 Å². The summed E-state index contributed by atoms with van der Waals surface area (Å²) in [6.45, 7) is 0. The van der Waals surface area contributed by atoms with E-state index in [-0.39, 0.29) is 11.5 Å². The van der Waals surface area contributed by atoms with Crippen LogP contribution in [-0.2, 0) is 0 Å². The number of hydrogen-bond donors (Lipinski definition) is 2. The smallest absolute Gasteiger partial charge is 0.275 e. The van der Waals surface area contributed by atoms with Crippen molar-refractivity contribution in [3.63, 3.8) is 0 Å². The molecule has 0 bridgehead atoms. The minimum Gasteiger partial charge on any atom is -0.382 e. The maximum atomic E-state index is 11.8. The van der Waals surface area contributed by atoms with E-state index in [2.05, 4.69) is 31.2 Å². The lowest BCUT2D eigenvalue weighted by molar-refractivity contribution is 0.102. The van der Waals surface area contributed by atoms with Gasteiger partial charge < -0.3 is 11.1 Å². The van der Waals surface area contributed by atoms with Gasteiger partial charge in [0.15, 0.2) is 0 Å². The maximum absolute atomic E-state index is 11.8. The van der Waals surface area contributed by atoms with E-state index in [1.54, 1.807) is 18.2 Å². The van der Waals surface area contributed by atoms with Crippen molar-refractivity contribution in [1.29, 1.82) is 0 Å². The SMILES string of the molecule is Nc1cnc(C(=O)Nc2ccc(Br)cc2Cl)cn1. The highest BCUT2D eigenvalue weighted by Crippen LogP contribution is 2.25. The Balaban J connectivity index is 2.18. The number of nitrogens with one attached hydrogen (secondary N) is 1. The van der Waals surface area contributed by atoms with Crippen LogP contribution in [0.15, 0.2) is 35.1 Å². The number of rotatable bonds is 2. The van der Waals surface area contributed by atoms with Gasteiger partial charge in [0.25, 0.3) is 5.91 Å². The van der Waals surface area contributed by atoms with Gasteiger partial charge in [-0.05, 0) is 18.2 Å². The molecule has 0 saturated carbocycles. The van der Waals surface area contributed by atoms with Gasteiger partial charge in [-0.25, -0.2) is 9.97 Å². The van der Waals surface area contributed by atoms with Crippen LogP contribution in [-0.4, -0.2) is 15.9 Å². The molecule has 1 amide bonds. The summed E-state index contributed by atoms with van der Waals surface area (Å²) in [5.74, 6) is -0.139. The maximum Gasteiger partial charge on any atom is 0.275 e. The summed E-state index contributed by atoms with van der Waals surface area (Å²) in [5.41, 5.74) is 6.06. The van der Waals surface area contributed by atoms with Crippen LogP contribution in [0.1, 0.15) is 10.5 Å². The van der Waals surface area contributed by atoms with Crippen molar-refractivity contribution in [2.24, 2.45) is 0 Å². The predicted octanol–water partition coefficient (Wildman–Crippen LogP) is 2.73. The number of hydrogen-bond acceptors (Lipinski definition) is 4. The first-order chi connectivity index (χ1) is 8.56. The highest BCUT2D eigenvalue weighted by Gasteiger charge is 2.10. The fourth-order valence-corrected chi connectivity index (χ4v) is 1.95. The molecule has 0 radical (unpaired) electrons. The molecule has 0 unspecified atom stereocenters. The van der Waals surface area contributed by atoms with Crippen molar-refractivity contribution >= 4 is 44.9 Å². The minimum absolute atomic E-state index is 0.170. The molecule has 1 aromatic heterocycles. The third-order valence-corrected chi connectivity index (χ3v) is 2.89. The number of carbonyl (C=O) groups is 1. The largest absolute Gasteiger partial charge is 0.382 e. The van der Waals surface area contributed by atoms with E-state index in [9.17, 15) is 4.79 Å². The van der Waals surface area contributed by atoms with Gasteiger partial charge in [-0.3, -0.25) is 4.79 Å². The standard InChI is InChI=1S/C11H8BrClN4O/c12-6-1-2-8(7(13)3-6)17-11(18)9-4-16-10(14)5-15-9/h1-5H,(H2,14,16)(H,17,18). The molecule has 1 aromatic carbocycles. The molecule has 2 rings (SSSR count). The van der Waals surface area contributed by atoms with Crippen molar-refractivity contribution < 1.29 is 4.79 Å². The number of nitrogens with two attached hydrogens (primary N) is 1. The zero-order chi connectivity index (χ0) is 13.1. The summed E-state index contributed by atoms with van der Waals surface area (Å²) in [6, 6.07) is 5.15. The Labute approximate surface area is 117 Å². The van der Waals surface area contributed by atoms with Gasteiger partial charge >= 0.3 is 0 Å². The van der Waals surface area contributed by atoms with Crippen LogP contribution in [0.3, 0.4) is 0 Å². The molecule has 0 aliphatic heterocycles. The number of halogens is 2. The average molecular weight is 328 g/mol. The van der Waals surface area contributed by atoms with Crippen molar-refractivity contribution in [2.45, 2.75) is 0 Å². The second-order valence-electron chi connectivity index (χ2n) is 3.40. The van der Waals surface area contributed by atoms with Crippen LogP contribution in [0, 0.1) is 0 Å². The zero-order valence-electron chi connectivity index (χ0n) is 9.02. The Kier molecular flexibility index (Phi) is 3.78. The Hall–Kier alpha value is -1.66. The summed E-state index contributed by atoms with van der Waals surface area (Å²) in [6.07, 6.45) is 2.62. The quantitative estimate of drug-likeness (QED) is 0.888. The second kappa shape index (κ2) is 5.32. The van der Waals surface area contributed by atoms with E-state index < -0.39 is 5.91 Å². The van der Waals surface area contributed by atoms with E-state index in [0.717, 1.165) is 4.47 Å². The fraction of sp³-hybridized carbons (Fsp3) is 0. The molecule has 7 heteroatoms. The normalized spacial score (nSPS) is 10.1. The van der Waals surface area contributed by atoms with Gasteiger partial charge in [0, 0.05) is 4.47 Å². The highest BCUT2D eigenvalue weighted by molar-refractivity contribution is 9.10. The molecule has 0 aliphatic carbocycles. The average Bonchev–Trinajstić information content (AvgIpc) is 2.33. The van der Waals surface area contributed by atoms with Crippen LogP contribution < -0.4 is 11.1 Å². The van der Waals surface area contributed by atoms with E-state index in [1.807, 2.05) is 0 Å². The number of amides is 1. The van der Waals surface area contributed by atoms with Crippen LogP contribution in [0.25, 0.3) is 0 Å². The minimum atomic E-state index is -0.397. The van der Waals surface area contributed by atoms with E-state index in [1.165, 1.54) is 12.4 Å². The molecule has 0 atom stereocenters. The lowest BCUT2D eigenvalue weighted by Crippen LogP contribution is -2.14. The number of benzene rings is 1. The Morgan fingerprint density at radius 1 is 1.33 bits per heavy atom. The molecule has 18 heavy (non-hydrogen) atoms. The lowest BCUT2D eigenvalue weighted by Gasteiger charge is -2.06. The van der Waals surface area contributed by atoms with E-state index >= 15 is 0 Å². The van der Waals surface area contributed by atoms with Crippen molar-refractivity contribution in [3.8, 4) is 0 Å². The molecule has 2 aromatic rings. The van der Waals surface area contributed by atoms with Crippen LogP contribution in [0.5, 0.6) is 0 Å². The Bertz CT molecular complexity index is 588. The van der Waals surface area contributed by atoms with Gasteiger partial charge in [-0.1, -0.05) is 27.5 Å². The van der Waals surface area contributed by atoms with Crippen LogP contribution in [0.2, 0.25) is 5.02 Å². The van der Waals surface area contributed by atoms with Crippen LogP contribution in [0.4, 0.5) is 11.5 Å². The fourth-order valence-electron chi connectivity index (χ4n) is 1.23. The Morgan fingerprint density at radius 3 is 2.72 bits per heavy atom. The first-order valence-electron chi connectivity index (χ1n) is 4.90. The molecule has 92 valence electrons. The number of aromatic nitrogens is 2. The summed E-state index contributed by atoms with van der Waals surface area (Å²) >= 11 is 9.27. The van der Waals surface area contributed by atoms with Gasteiger partial charge in [-0.15, -0.1) is 0 Å². The third kappa shape index (κ3) is 2.96. The number of nitrogens with zero attached hydrogens (tertiary/aromatic N) is 2. The Morgan fingerprint density at radius 2 is 2.11 bits per heavy atom. The summed E-state index contributed by atoms with van der Waals surface area (Å²) in [7, 11) is 0. The number of carbonyl (C=O) groups excluding carboxylic acids is 1. The van der Waals surface area contributed by atoms with Gasteiger partial charge in [0.2, 0.25) is 0 Å². The molecule has 3 N–H and O–H groups in total. The first kappa shape index (κ1) is 12.8. The van der Waals surface area contributed by atoms with Crippen molar-refractivity contribution in [1.82, 2.24) is 9.97 Å². The first-order valence-corrected chi connectivity index (χ1v) is 6.07. The van der Waals surface area contributed by atoms with Crippen LogP contribution >= 0.6 is 27.5 Å². The third-order valence-electron chi connectivity index (χ3n) is 2.08. The van der Waals surface area contributed by atoms with Gasteiger partial charge in [-0.2, -0.15) is 0 Å². The van der Waals surface area contributed by atoms with E-state index in [0.29, 0.717) is 10.7 Å². The number of nitrogen functional groups attached to an aromatic ring is 1. The molecule has 0 fully saturated rings. The molecule has 5 nitrogen and oxygen atoms in total. The molecule has 1 heterocycles.